The maximum Gasteiger partial charge on any atom is 0.221 e. The molecule has 5 heteroatoms. The van der Waals surface area contributed by atoms with E-state index in [-0.39, 0.29) is 17.5 Å². The molecule has 5 aliphatic rings. The molecule has 2 aromatic rings. The molecule has 1 N–H and O–H groups in total. The van der Waals surface area contributed by atoms with Gasteiger partial charge in [0, 0.05) is 50.7 Å². The maximum atomic E-state index is 13.4. The van der Waals surface area contributed by atoms with Crippen molar-refractivity contribution in [2.24, 2.45) is 5.92 Å². The highest BCUT2D eigenvalue weighted by molar-refractivity contribution is 5.76. The third-order valence-electron chi connectivity index (χ3n) is 10.0. The van der Waals surface area contributed by atoms with Crippen molar-refractivity contribution in [1.29, 1.82) is 0 Å². The number of hydrogen-bond acceptors (Lipinski definition) is 4. The van der Waals surface area contributed by atoms with Gasteiger partial charge in [-0.25, -0.2) is 0 Å². The lowest BCUT2D eigenvalue weighted by Gasteiger charge is -2.61. The van der Waals surface area contributed by atoms with Gasteiger partial charge in [-0.15, -0.1) is 0 Å². The van der Waals surface area contributed by atoms with Gasteiger partial charge in [-0.1, -0.05) is 60.7 Å². The van der Waals surface area contributed by atoms with Gasteiger partial charge < -0.3 is 15.1 Å². The van der Waals surface area contributed by atoms with Gasteiger partial charge in [-0.2, -0.15) is 0 Å². The molecule has 3 unspecified atom stereocenters. The summed E-state index contributed by atoms with van der Waals surface area (Å²) in [6.07, 6.45) is 6.76. The number of likely N-dealkylation sites (N-methyl/N-ethyl adjacent to an activating group) is 1. The molecule has 37 heavy (non-hydrogen) atoms. The molecule has 0 radical (unpaired) electrons. The predicted molar refractivity (Wildman–Crippen MR) is 150 cm³/mol. The van der Waals surface area contributed by atoms with Crippen LogP contribution in [0.2, 0.25) is 0 Å². The van der Waals surface area contributed by atoms with Gasteiger partial charge in [0.1, 0.15) is 0 Å². The summed E-state index contributed by atoms with van der Waals surface area (Å²) in [4.78, 5) is 21.1. The van der Waals surface area contributed by atoms with Crippen molar-refractivity contribution in [1.82, 2.24) is 20.0 Å². The molecule has 7 rings (SSSR count). The largest absolute Gasteiger partial charge is 0.353 e. The molecule has 5 nitrogen and oxygen atoms in total. The number of fused-ring (bicyclic) bond motifs is 3. The number of piperazine rings is 1. The van der Waals surface area contributed by atoms with E-state index in [1.807, 2.05) is 0 Å². The summed E-state index contributed by atoms with van der Waals surface area (Å²) in [5.41, 5.74) is 3.07. The molecular formula is C32H44N4O. The fraction of sp³-hybridized carbons (Fsp3) is 0.594. The van der Waals surface area contributed by atoms with Crippen LogP contribution in [0.15, 0.2) is 60.7 Å². The SMILES string of the molecule is CN1CCN(CCC(=O)NC2CC3(N4CCCC4)CC(c4ccccc4)C2C(c2ccccc2)C3)CC1. The van der Waals surface area contributed by atoms with Crippen LogP contribution >= 0.6 is 0 Å². The molecular weight excluding hydrogens is 456 g/mol. The molecule has 3 aliphatic carbocycles. The zero-order valence-corrected chi connectivity index (χ0v) is 22.5. The van der Waals surface area contributed by atoms with Crippen LogP contribution in [0.4, 0.5) is 0 Å². The van der Waals surface area contributed by atoms with Crippen molar-refractivity contribution < 1.29 is 4.79 Å². The molecule has 2 aliphatic heterocycles. The second-order valence-corrected chi connectivity index (χ2v) is 12.2. The first-order chi connectivity index (χ1) is 18.1. The summed E-state index contributed by atoms with van der Waals surface area (Å²) in [5, 5.41) is 3.64. The van der Waals surface area contributed by atoms with Gasteiger partial charge in [0.25, 0.3) is 0 Å². The van der Waals surface area contributed by atoms with Crippen LogP contribution in [0.5, 0.6) is 0 Å². The first-order valence-corrected chi connectivity index (χ1v) is 14.7. The van der Waals surface area contributed by atoms with Crippen LogP contribution in [-0.4, -0.2) is 85.0 Å². The zero-order valence-electron chi connectivity index (χ0n) is 22.5. The third-order valence-corrected chi connectivity index (χ3v) is 10.0. The average molecular weight is 501 g/mol. The Kier molecular flexibility index (Phi) is 7.38. The molecule has 0 aromatic heterocycles. The van der Waals surface area contributed by atoms with Crippen LogP contribution < -0.4 is 5.32 Å². The van der Waals surface area contributed by atoms with E-state index in [4.69, 9.17) is 0 Å². The van der Waals surface area contributed by atoms with Gasteiger partial charge in [-0.3, -0.25) is 9.69 Å². The quantitative estimate of drug-likeness (QED) is 0.615. The Hall–Kier alpha value is -2.21. The second kappa shape index (κ2) is 10.9. The topological polar surface area (TPSA) is 38.8 Å². The van der Waals surface area contributed by atoms with Crippen molar-refractivity contribution in [2.75, 3.05) is 52.9 Å². The first-order valence-electron chi connectivity index (χ1n) is 14.7. The van der Waals surface area contributed by atoms with E-state index in [9.17, 15) is 4.79 Å². The Morgan fingerprint density at radius 1 is 0.811 bits per heavy atom. The minimum Gasteiger partial charge on any atom is -0.353 e. The third kappa shape index (κ3) is 5.23. The average Bonchev–Trinajstić information content (AvgIpc) is 3.50. The minimum atomic E-state index is 0.168. The van der Waals surface area contributed by atoms with Crippen LogP contribution in [0.25, 0.3) is 0 Å². The molecule has 1 amide bonds. The summed E-state index contributed by atoms with van der Waals surface area (Å²) in [6, 6.07) is 22.6. The van der Waals surface area contributed by atoms with Gasteiger partial charge in [0.15, 0.2) is 0 Å². The molecule has 5 fully saturated rings. The summed E-state index contributed by atoms with van der Waals surface area (Å²) in [5.74, 6) is 1.61. The van der Waals surface area contributed by atoms with Gasteiger partial charge in [0.2, 0.25) is 5.91 Å². The van der Waals surface area contributed by atoms with E-state index in [0.29, 0.717) is 24.2 Å². The first kappa shape index (κ1) is 25.1. The zero-order chi connectivity index (χ0) is 25.2. The molecule has 198 valence electrons. The standard InChI is InChI=1S/C32H44N4O/c1-34-18-20-35(21-19-34)17-14-30(37)33-29-24-32(36-15-8-9-16-36)22-27(25-10-4-2-5-11-25)31(29)28(23-32)26-12-6-3-7-13-26/h2-7,10-13,27-29,31H,8-9,14-24H2,1H3,(H,33,37). The fourth-order valence-electron chi connectivity index (χ4n) is 8.14. The molecule has 3 saturated carbocycles. The van der Waals surface area contributed by atoms with E-state index in [1.54, 1.807) is 0 Å². The smallest absolute Gasteiger partial charge is 0.221 e. The highest BCUT2D eigenvalue weighted by atomic mass is 16.1. The highest BCUT2D eigenvalue weighted by Gasteiger charge is 2.58. The van der Waals surface area contributed by atoms with E-state index < -0.39 is 0 Å². The lowest BCUT2D eigenvalue weighted by Crippen LogP contribution is -2.65. The lowest BCUT2D eigenvalue weighted by molar-refractivity contribution is -0.125. The molecule has 2 aromatic carbocycles. The van der Waals surface area contributed by atoms with E-state index in [0.717, 1.165) is 39.1 Å². The summed E-state index contributed by atoms with van der Waals surface area (Å²) in [6.45, 7) is 7.62. The second-order valence-electron chi connectivity index (χ2n) is 12.2. The number of nitrogens with one attached hydrogen (secondary N) is 1. The van der Waals surface area contributed by atoms with Crippen molar-refractivity contribution in [2.45, 2.75) is 61.9 Å². The normalized spacial score (nSPS) is 33.0. The Labute approximate surface area is 223 Å². The number of amides is 1. The van der Waals surface area contributed by atoms with Crippen LogP contribution in [0.3, 0.4) is 0 Å². The molecule has 3 atom stereocenters. The lowest BCUT2D eigenvalue weighted by atomic mass is 9.51. The molecule has 2 bridgehead atoms. The van der Waals surface area contributed by atoms with Crippen molar-refractivity contribution in [3.63, 3.8) is 0 Å². The Balaban J connectivity index is 1.28. The molecule has 2 heterocycles. The molecule has 2 saturated heterocycles. The number of likely N-dealkylation sites (tertiary alicyclic amines) is 1. The number of hydrogen-bond donors (Lipinski definition) is 1. The summed E-state index contributed by atoms with van der Waals surface area (Å²) >= 11 is 0. The number of nitrogens with zero attached hydrogens (tertiary/aromatic N) is 3. The van der Waals surface area contributed by atoms with Crippen LogP contribution in [0.1, 0.15) is 61.5 Å². The highest BCUT2D eigenvalue weighted by Crippen LogP contribution is 2.60. The van der Waals surface area contributed by atoms with Gasteiger partial charge in [0.05, 0.1) is 0 Å². The van der Waals surface area contributed by atoms with Crippen molar-refractivity contribution in [3.05, 3.63) is 71.8 Å². The maximum absolute atomic E-state index is 13.4. The molecule has 0 spiro atoms. The number of carbonyl (C=O) groups is 1. The monoisotopic (exact) mass is 500 g/mol. The Bertz CT molecular complexity index is 980. The van der Waals surface area contributed by atoms with E-state index >= 15 is 0 Å². The minimum absolute atomic E-state index is 0.168. The van der Waals surface area contributed by atoms with Crippen LogP contribution in [0, 0.1) is 5.92 Å². The summed E-state index contributed by atoms with van der Waals surface area (Å²) < 4.78 is 0. The van der Waals surface area contributed by atoms with Gasteiger partial charge >= 0.3 is 0 Å². The fourth-order valence-corrected chi connectivity index (χ4v) is 8.14. The predicted octanol–water partition coefficient (Wildman–Crippen LogP) is 4.32. The summed E-state index contributed by atoms with van der Waals surface area (Å²) in [7, 11) is 2.19. The van der Waals surface area contributed by atoms with Crippen molar-refractivity contribution in [3.8, 4) is 0 Å². The van der Waals surface area contributed by atoms with Crippen molar-refractivity contribution >= 4 is 5.91 Å². The van der Waals surface area contributed by atoms with E-state index in [1.165, 1.54) is 49.9 Å². The number of carbonyl (C=O) groups excluding carboxylic acids is 1. The Morgan fingerprint density at radius 3 is 1.95 bits per heavy atom. The van der Waals surface area contributed by atoms with Gasteiger partial charge in [-0.05, 0) is 81.1 Å². The van der Waals surface area contributed by atoms with E-state index in [2.05, 4.69) is 87.7 Å². The number of rotatable bonds is 7. The number of benzene rings is 2. The Morgan fingerprint density at radius 2 is 1.38 bits per heavy atom. The van der Waals surface area contributed by atoms with Crippen LogP contribution in [-0.2, 0) is 4.79 Å².